The Morgan fingerprint density at radius 2 is 1.81 bits per heavy atom. The van der Waals surface area contributed by atoms with Crippen LogP contribution in [0, 0.1) is 5.82 Å². The molecule has 1 N–H and O–H groups in total. The number of aromatic nitrogens is 2. The number of rotatable bonds is 5. The molecule has 0 aliphatic carbocycles. The Morgan fingerprint density at radius 3 is 2.38 bits per heavy atom. The summed E-state index contributed by atoms with van der Waals surface area (Å²) in [6.07, 6.45) is -4.77. The number of benzene rings is 1. The summed E-state index contributed by atoms with van der Waals surface area (Å²) in [6.45, 7) is 0. The summed E-state index contributed by atoms with van der Waals surface area (Å²) in [5, 5.41) is -1.44. The van der Waals surface area contributed by atoms with Crippen LogP contribution in [0.3, 0.4) is 0 Å². The van der Waals surface area contributed by atoms with Gasteiger partial charge in [-0.2, -0.15) is 13.2 Å². The summed E-state index contributed by atoms with van der Waals surface area (Å²) in [5.41, 5.74) is -5.49. The van der Waals surface area contributed by atoms with Crippen molar-refractivity contribution in [3.05, 3.63) is 55.6 Å². The minimum absolute atomic E-state index is 0.0470. The number of amides is 2. The number of carbonyl (C=O) groups excluding carboxylic acids is 2. The van der Waals surface area contributed by atoms with Gasteiger partial charge in [-0.15, -0.1) is 0 Å². The minimum atomic E-state index is -5.02. The molecule has 11 nitrogen and oxygen atoms in total. The number of hydrogen-bond donors (Lipinski definition) is 1. The van der Waals surface area contributed by atoms with Crippen LogP contribution < -0.4 is 16.0 Å². The fourth-order valence-corrected chi connectivity index (χ4v) is 5.06. The van der Waals surface area contributed by atoms with Crippen LogP contribution in [0.25, 0.3) is 5.69 Å². The van der Waals surface area contributed by atoms with Crippen molar-refractivity contribution in [1.82, 2.24) is 18.8 Å². The van der Waals surface area contributed by atoms with Crippen molar-refractivity contribution in [2.45, 2.75) is 17.8 Å². The third-order valence-electron chi connectivity index (χ3n) is 4.89. The number of thioether (sulfide) groups is 1. The van der Waals surface area contributed by atoms with Gasteiger partial charge in [-0.3, -0.25) is 28.6 Å². The highest BCUT2D eigenvalue weighted by molar-refractivity contribution is 8.15. The summed E-state index contributed by atoms with van der Waals surface area (Å²) in [6, 6.07) is 1.65. The second-order valence-electron chi connectivity index (χ2n) is 7.70. The largest absolute Gasteiger partial charge is 0.431 e. The van der Waals surface area contributed by atoms with Crippen LogP contribution in [0.5, 0.6) is 0 Å². The van der Waals surface area contributed by atoms with Crippen LogP contribution in [0.2, 0.25) is 5.02 Å². The molecule has 1 unspecified atom stereocenters. The summed E-state index contributed by atoms with van der Waals surface area (Å²) in [5.74, 6) is -2.77. The Labute approximate surface area is 214 Å². The van der Waals surface area contributed by atoms with Gasteiger partial charge in [0.05, 0.1) is 22.7 Å². The van der Waals surface area contributed by atoms with Gasteiger partial charge < -0.3 is 0 Å². The zero-order valence-corrected chi connectivity index (χ0v) is 21.4. The van der Waals surface area contributed by atoms with E-state index in [1.807, 2.05) is 0 Å². The predicted molar refractivity (Wildman–Crippen MR) is 126 cm³/mol. The van der Waals surface area contributed by atoms with E-state index in [1.165, 1.54) is 7.05 Å². The molecule has 0 radical (unpaired) electrons. The maximum absolute atomic E-state index is 14.7. The molecular formula is C19H16ClF4N5O6S2. The van der Waals surface area contributed by atoms with E-state index in [2.05, 4.69) is 4.99 Å². The van der Waals surface area contributed by atoms with Gasteiger partial charge in [0, 0.05) is 26.6 Å². The average Bonchev–Trinajstić information content (AvgIpc) is 2.99. The summed E-state index contributed by atoms with van der Waals surface area (Å²) in [4.78, 5) is 54.4. The molecule has 1 atom stereocenters. The molecule has 0 spiro atoms. The van der Waals surface area contributed by atoms with Crippen molar-refractivity contribution in [2.75, 3.05) is 13.3 Å². The first kappa shape index (κ1) is 28.4. The van der Waals surface area contributed by atoms with Crippen LogP contribution in [0.15, 0.2) is 32.8 Å². The van der Waals surface area contributed by atoms with Crippen molar-refractivity contribution in [3.63, 3.8) is 0 Å². The molecule has 0 bridgehead atoms. The molecule has 3 rings (SSSR count). The summed E-state index contributed by atoms with van der Waals surface area (Å²) < 4.78 is 78.5. The molecule has 1 aliphatic heterocycles. The zero-order valence-electron chi connectivity index (χ0n) is 19.0. The SMILES string of the molecule is CN1C(=O)C(CC(=O)NS(C)(=O)=O)SC1=Nc1cc(-n2c(=O)cc(C(F)(F)F)n(C)c2=O)c(F)cc1Cl. The fraction of sp³-hybridized carbons (Fsp3) is 0.316. The van der Waals surface area contributed by atoms with Crippen LogP contribution in [-0.4, -0.2) is 58.0 Å². The Kier molecular flexibility index (Phi) is 7.63. The lowest BCUT2D eigenvalue weighted by Crippen LogP contribution is -2.41. The number of nitrogens with one attached hydrogen (secondary N) is 1. The van der Waals surface area contributed by atoms with Gasteiger partial charge in [0.1, 0.15) is 16.8 Å². The molecule has 18 heteroatoms. The van der Waals surface area contributed by atoms with Gasteiger partial charge in [0.15, 0.2) is 5.17 Å². The predicted octanol–water partition coefficient (Wildman–Crippen LogP) is 1.37. The van der Waals surface area contributed by atoms with Gasteiger partial charge in [0.2, 0.25) is 21.8 Å². The summed E-state index contributed by atoms with van der Waals surface area (Å²) in [7, 11) is -1.81. The fourth-order valence-electron chi connectivity index (χ4n) is 3.22. The molecule has 2 heterocycles. The van der Waals surface area contributed by atoms with Gasteiger partial charge in [-0.1, -0.05) is 23.4 Å². The number of alkyl halides is 3. The van der Waals surface area contributed by atoms with Crippen molar-refractivity contribution >= 4 is 56.1 Å². The van der Waals surface area contributed by atoms with E-state index in [4.69, 9.17) is 11.6 Å². The summed E-state index contributed by atoms with van der Waals surface area (Å²) >= 11 is 6.79. The lowest BCUT2D eigenvalue weighted by molar-refractivity contribution is -0.144. The average molecular weight is 586 g/mol. The van der Waals surface area contributed by atoms with Gasteiger partial charge >= 0.3 is 11.9 Å². The number of hydrogen-bond acceptors (Lipinski definition) is 8. The van der Waals surface area contributed by atoms with Crippen molar-refractivity contribution in [3.8, 4) is 5.69 Å². The second kappa shape index (κ2) is 9.94. The molecular weight excluding hydrogens is 570 g/mol. The number of nitrogens with zero attached hydrogens (tertiary/aromatic N) is 4. The first-order valence-corrected chi connectivity index (χ1v) is 13.0. The highest BCUT2D eigenvalue weighted by atomic mass is 35.5. The maximum atomic E-state index is 14.7. The highest BCUT2D eigenvalue weighted by Gasteiger charge is 2.38. The number of amidine groups is 1. The van der Waals surface area contributed by atoms with E-state index in [1.54, 1.807) is 4.72 Å². The third-order valence-corrected chi connectivity index (χ3v) is 7.02. The molecule has 37 heavy (non-hydrogen) atoms. The van der Waals surface area contributed by atoms with E-state index < -0.39 is 68.1 Å². The Morgan fingerprint density at radius 1 is 1.19 bits per heavy atom. The van der Waals surface area contributed by atoms with Gasteiger partial charge in [-0.05, 0) is 12.1 Å². The van der Waals surface area contributed by atoms with Crippen LogP contribution >= 0.6 is 23.4 Å². The van der Waals surface area contributed by atoms with Crippen LogP contribution in [0.1, 0.15) is 12.1 Å². The van der Waals surface area contributed by atoms with E-state index in [0.717, 1.165) is 36.0 Å². The van der Waals surface area contributed by atoms with Crippen LogP contribution in [0.4, 0.5) is 23.2 Å². The molecule has 1 fully saturated rings. The smallest absolute Gasteiger partial charge is 0.293 e. The molecule has 0 saturated carbocycles. The van der Waals surface area contributed by atoms with Gasteiger partial charge in [-0.25, -0.2) is 27.2 Å². The molecule has 2 aromatic rings. The molecule has 2 amide bonds. The van der Waals surface area contributed by atoms with Crippen molar-refractivity contribution in [2.24, 2.45) is 12.0 Å². The molecule has 1 aliphatic rings. The quantitative estimate of drug-likeness (QED) is 0.523. The Balaban J connectivity index is 2.04. The van der Waals surface area contributed by atoms with Gasteiger partial charge in [0.25, 0.3) is 5.56 Å². The number of aliphatic imine (C=N–C) groups is 1. The first-order chi connectivity index (χ1) is 16.9. The lowest BCUT2D eigenvalue weighted by Gasteiger charge is -2.15. The Hall–Kier alpha value is -3.18. The van der Waals surface area contributed by atoms with Crippen molar-refractivity contribution < 1.29 is 35.6 Å². The zero-order chi connectivity index (χ0) is 28.0. The van der Waals surface area contributed by atoms with E-state index in [0.29, 0.717) is 6.07 Å². The molecule has 1 aromatic carbocycles. The Bertz CT molecular complexity index is 1570. The number of halogens is 5. The molecule has 200 valence electrons. The van der Waals surface area contributed by atoms with E-state index >= 15 is 0 Å². The normalized spacial score (nSPS) is 17.5. The van der Waals surface area contributed by atoms with E-state index in [9.17, 15) is 45.2 Å². The van der Waals surface area contributed by atoms with Crippen molar-refractivity contribution in [1.29, 1.82) is 0 Å². The maximum Gasteiger partial charge on any atom is 0.431 e. The standard InChI is InChI=1S/C19H16ClF4N5O6S2/c1-27-13(19(22,23)24)7-15(31)29(18(27)33)11-5-10(8(20)4-9(11)21)25-17-28(2)16(32)12(36-17)6-14(30)26-37(3,34)35/h4-5,7,12H,6H2,1-3H3,(H,26,30). The second-order valence-corrected chi connectivity index (χ2v) is 11.0. The molecule has 1 saturated heterocycles. The highest BCUT2D eigenvalue weighted by Crippen LogP contribution is 2.35. The third kappa shape index (κ3) is 6.04. The minimum Gasteiger partial charge on any atom is -0.293 e. The topological polar surface area (TPSA) is 140 Å². The lowest BCUT2D eigenvalue weighted by atomic mass is 10.2. The van der Waals surface area contributed by atoms with Crippen LogP contribution in [-0.2, 0) is 32.8 Å². The van der Waals surface area contributed by atoms with E-state index in [-0.39, 0.29) is 31.1 Å². The monoisotopic (exact) mass is 585 g/mol. The number of carbonyl (C=O) groups is 2. The number of sulfonamides is 1. The first-order valence-electron chi connectivity index (χ1n) is 9.84. The molecule has 1 aromatic heterocycles.